The van der Waals surface area contributed by atoms with Crippen molar-refractivity contribution < 1.29 is 28.1 Å². The lowest BCUT2D eigenvalue weighted by Gasteiger charge is -2.23. The zero-order chi connectivity index (χ0) is 19.6. The number of aliphatic hydroxyl groups is 1. The average molecular weight is 384 g/mol. The van der Waals surface area contributed by atoms with Gasteiger partial charge in [-0.15, -0.1) is 10.2 Å². The number of aromatic hydroxyl groups is 1. The number of aromatic nitrogens is 3. The van der Waals surface area contributed by atoms with Gasteiger partial charge >= 0.3 is 6.18 Å². The smallest absolute Gasteiger partial charge is 0.416 e. The van der Waals surface area contributed by atoms with Gasteiger partial charge in [-0.25, -0.2) is 4.98 Å². The molecule has 0 saturated carbocycles. The topological polar surface area (TPSA) is 91.6 Å². The number of phenols is 1. The highest BCUT2D eigenvalue weighted by Gasteiger charge is 2.31. The molecule has 0 amide bonds. The second-order valence-corrected chi connectivity index (χ2v) is 6.25. The number of hydrogen-bond acceptors (Lipinski definition) is 7. The van der Waals surface area contributed by atoms with E-state index in [1.54, 1.807) is 6.92 Å². The van der Waals surface area contributed by atoms with Crippen molar-refractivity contribution in [1.82, 2.24) is 15.2 Å². The Morgan fingerprint density at radius 2 is 2.07 bits per heavy atom. The molecule has 1 aromatic carbocycles. The largest absolute Gasteiger partial charge is 0.507 e. The Labute approximate surface area is 153 Å². The number of rotatable bonds is 3. The van der Waals surface area contributed by atoms with Crippen molar-refractivity contribution in [2.75, 3.05) is 31.2 Å². The molecule has 2 heterocycles. The van der Waals surface area contributed by atoms with Gasteiger partial charge in [0, 0.05) is 25.3 Å². The number of benzene rings is 1. The number of aliphatic hydroxyl groups excluding tert-OH is 1. The molecule has 2 N–H and O–H groups in total. The molecular weight excluding hydrogens is 365 g/mol. The predicted molar refractivity (Wildman–Crippen MR) is 90.3 cm³/mol. The molecule has 2 aromatic rings. The van der Waals surface area contributed by atoms with Gasteiger partial charge in [-0.1, -0.05) is 0 Å². The van der Waals surface area contributed by atoms with Crippen LogP contribution in [0.25, 0.3) is 11.3 Å². The van der Waals surface area contributed by atoms with Gasteiger partial charge < -0.3 is 19.8 Å². The Morgan fingerprint density at radius 1 is 1.30 bits per heavy atom. The van der Waals surface area contributed by atoms with Crippen molar-refractivity contribution in [2.45, 2.75) is 25.6 Å². The Balaban J connectivity index is 1.89. The van der Waals surface area contributed by atoms with Crippen LogP contribution in [-0.2, 0) is 10.9 Å². The molecular formula is C17H19F3N4O3. The first-order valence-corrected chi connectivity index (χ1v) is 8.39. The SMILES string of the molecule is Cc1nc(N2CCCO[C@@H](CO)C2)nnc1-c1ccc(C(F)(F)F)cc1O. The van der Waals surface area contributed by atoms with Crippen LogP contribution < -0.4 is 4.90 Å². The molecule has 0 aliphatic carbocycles. The summed E-state index contributed by atoms with van der Waals surface area (Å²) in [6, 6.07) is 2.68. The molecule has 27 heavy (non-hydrogen) atoms. The highest BCUT2D eigenvalue weighted by molar-refractivity contribution is 5.69. The molecule has 0 unspecified atom stereocenters. The lowest BCUT2D eigenvalue weighted by atomic mass is 10.1. The Morgan fingerprint density at radius 3 is 2.70 bits per heavy atom. The van der Waals surface area contributed by atoms with Crippen molar-refractivity contribution >= 4 is 5.95 Å². The van der Waals surface area contributed by atoms with E-state index in [1.165, 1.54) is 0 Å². The normalized spacial score (nSPS) is 18.4. The zero-order valence-corrected chi connectivity index (χ0v) is 14.6. The maximum Gasteiger partial charge on any atom is 0.416 e. The number of nitrogens with zero attached hydrogens (tertiary/aromatic N) is 4. The first-order valence-electron chi connectivity index (χ1n) is 8.39. The quantitative estimate of drug-likeness (QED) is 0.838. The summed E-state index contributed by atoms with van der Waals surface area (Å²) in [5.74, 6) is -0.202. The van der Waals surface area contributed by atoms with Crippen molar-refractivity contribution in [3.8, 4) is 17.0 Å². The summed E-state index contributed by atoms with van der Waals surface area (Å²) >= 11 is 0. The van der Waals surface area contributed by atoms with Crippen molar-refractivity contribution in [3.05, 3.63) is 29.5 Å². The van der Waals surface area contributed by atoms with Gasteiger partial charge in [0.25, 0.3) is 0 Å². The number of halogens is 3. The van der Waals surface area contributed by atoms with E-state index in [2.05, 4.69) is 15.2 Å². The number of phenolic OH excluding ortho intramolecular Hbond substituents is 1. The fourth-order valence-corrected chi connectivity index (χ4v) is 2.87. The predicted octanol–water partition coefficient (Wildman–Crippen LogP) is 2.16. The number of hydrogen-bond donors (Lipinski definition) is 2. The van der Waals surface area contributed by atoms with Gasteiger partial charge in [0.05, 0.1) is 24.0 Å². The molecule has 7 nitrogen and oxygen atoms in total. The van der Waals surface area contributed by atoms with Crippen LogP contribution in [0.15, 0.2) is 18.2 Å². The Kier molecular flexibility index (Phi) is 5.47. The first kappa shape index (κ1) is 19.3. The second-order valence-electron chi connectivity index (χ2n) is 6.25. The van der Waals surface area contributed by atoms with Crippen LogP contribution in [0.2, 0.25) is 0 Å². The van der Waals surface area contributed by atoms with Crippen LogP contribution in [0.4, 0.5) is 19.1 Å². The van der Waals surface area contributed by atoms with Gasteiger partial charge in [-0.2, -0.15) is 13.2 Å². The highest BCUT2D eigenvalue weighted by Crippen LogP contribution is 2.36. The van der Waals surface area contributed by atoms with Gasteiger partial charge in [-0.3, -0.25) is 0 Å². The highest BCUT2D eigenvalue weighted by atomic mass is 19.4. The third-order valence-corrected chi connectivity index (χ3v) is 4.27. The minimum Gasteiger partial charge on any atom is -0.507 e. The van der Waals surface area contributed by atoms with Crippen LogP contribution in [0.1, 0.15) is 17.7 Å². The Bertz CT molecular complexity index is 816. The standard InChI is InChI=1S/C17H19F3N4O3/c1-10-15(13-4-3-11(7-14(13)26)17(18,19)20)22-23-16(21-10)24-5-2-6-27-12(8-24)9-25/h3-4,7,12,25-26H,2,5-6,8-9H2,1H3/t12-/m1/s1. The van der Waals surface area contributed by atoms with Gasteiger partial charge in [0.15, 0.2) is 0 Å². The van der Waals surface area contributed by atoms with Crippen molar-refractivity contribution in [3.63, 3.8) is 0 Å². The molecule has 1 aromatic heterocycles. The number of aryl methyl sites for hydroxylation is 1. The number of anilines is 1. The maximum absolute atomic E-state index is 12.7. The minimum atomic E-state index is -4.54. The third-order valence-electron chi connectivity index (χ3n) is 4.27. The molecule has 1 aliphatic heterocycles. The zero-order valence-electron chi connectivity index (χ0n) is 14.6. The van der Waals surface area contributed by atoms with E-state index in [9.17, 15) is 23.4 Å². The van der Waals surface area contributed by atoms with E-state index in [0.717, 1.165) is 18.6 Å². The number of ether oxygens (including phenoxy) is 1. The number of alkyl halides is 3. The summed E-state index contributed by atoms with van der Waals surface area (Å²) in [6.45, 7) is 3.07. The summed E-state index contributed by atoms with van der Waals surface area (Å²) in [4.78, 5) is 6.22. The third kappa shape index (κ3) is 4.28. The van der Waals surface area contributed by atoms with Crippen LogP contribution >= 0.6 is 0 Å². The van der Waals surface area contributed by atoms with Crippen LogP contribution in [0.3, 0.4) is 0 Å². The van der Waals surface area contributed by atoms with Gasteiger partial charge in [-0.05, 0) is 31.5 Å². The van der Waals surface area contributed by atoms with Crippen LogP contribution in [0.5, 0.6) is 5.75 Å². The molecule has 0 bridgehead atoms. The summed E-state index contributed by atoms with van der Waals surface area (Å²) in [7, 11) is 0. The second kappa shape index (κ2) is 7.65. The summed E-state index contributed by atoms with van der Waals surface area (Å²) < 4.78 is 43.7. The Hall–Kier alpha value is -2.46. The molecule has 146 valence electrons. The monoisotopic (exact) mass is 384 g/mol. The molecule has 1 atom stereocenters. The van der Waals surface area contributed by atoms with E-state index < -0.39 is 17.5 Å². The molecule has 1 aliphatic rings. The van der Waals surface area contributed by atoms with Crippen molar-refractivity contribution in [1.29, 1.82) is 0 Å². The molecule has 0 radical (unpaired) electrons. The molecule has 3 rings (SSSR count). The van der Waals surface area contributed by atoms with E-state index in [0.29, 0.717) is 37.4 Å². The van der Waals surface area contributed by atoms with Crippen LogP contribution in [0, 0.1) is 6.92 Å². The van der Waals surface area contributed by atoms with Gasteiger partial charge in [0.1, 0.15) is 11.4 Å². The summed E-state index contributed by atoms with van der Waals surface area (Å²) in [6.07, 6.45) is -4.16. The lowest BCUT2D eigenvalue weighted by molar-refractivity contribution is -0.137. The summed E-state index contributed by atoms with van der Waals surface area (Å²) in [5.41, 5.74) is -0.200. The first-order chi connectivity index (χ1) is 12.8. The molecule has 0 spiro atoms. The summed E-state index contributed by atoms with van der Waals surface area (Å²) in [5, 5.41) is 27.4. The van der Waals surface area contributed by atoms with Crippen LogP contribution in [-0.4, -0.2) is 57.8 Å². The maximum atomic E-state index is 12.7. The van der Waals surface area contributed by atoms with Gasteiger partial charge in [0.2, 0.25) is 5.95 Å². The molecule has 1 fully saturated rings. The van der Waals surface area contributed by atoms with Crippen molar-refractivity contribution in [2.24, 2.45) is 0 Å². The van der Waals surface area contributed by atoms with E-state index in [1.807, 2.05) is 4.90 Å². The fourth-order valence-electron chi connectivity index (χ4n) is 2.87. The molecule has 10 heteroatoms. The fraction of sp³-hybridized carbons (Fsp3) is 0.471. The minimum absolute atomic E-state index is 0.125. The van der Waals surface area contributed by atoms with E-state index >= 15 is 0 Å². The van der Waals surface area contributed by atoms with E-state index in [4.69, 9.17) is 4.74 Å². The van der Waals surface area contributed by atoms with E-state index in [-0.39, 0.29) is 24.0 Å². The average Bonchev–Trinajstić information content (AvgIpc) is 2.87. The molecule has 1 saturated heterocycles. The lowest BCUT2D eigenvalue weighted by Crippen LogP contribution is -2.35.